The molecule has 0 saturated carbocycles. The number of aromatic hydroxyl groups is 1. The third kappa shape index (κ3) is 3.58. The van der Waals surface area contributed by atoms with Gasteiger partial charge in [0.25, 0.3) is 0 Å². The molecule has 136 valence electrons. The summed E-state index contributed by atoms with van der Waals surface area (Å²) in [5.74, 6) is 0.504. The van der Waals surface area contributed by atoms with E-state index in [1.807, 2.05) is 26.0 Å². The lowest BCUT2D eigenvalue weighted by Crippen LogP contribution is -2.34. The van der Waals surface area contributed by atoms with E-state index in [1.165, 1.54) is 0 Å². The highest BCUT2D eigenvalue weighted by Crippen LogP contribution is 2.45. The van der Waals surface area contributed by atoms with Gasteiger partial charge in [-0.05, 0) is 48.3 Å². The zero-order valence-corrected chi connectivity index (χ0v) is 17.2. The molecule has 0 saturated heterocycles. The van der Waals surface area contributed by atoms with Crippen LogP contribution in [0, 0.1) is 24.7 Å². The van der Waals surface area contributed by atoms with Gasteiger partial charge in [-0.15, -0.1) is 0 Å². The molecule has 0 bridgehead atoms. The standard InChI is InChI=1S/C23H32O2/c1-14-10-16(11-15(2)19(14)24)23(9)12-17(21(3,4)5)20(25)18(13-23)22(6,7)8/h10-13,24H,1-9H3. The Morgan fingerprint density at radius 3 is 1.52 bits per heavy atom. The van der Waals surface area contributed by atoms with Crippen molar-refractivity contribution in [2.75, 3.05) is 0 Å². The molecule has 0 aliphatic heterocycles. The van der Waals surface area contributed by atoms with Crippen molar-refractivity contribution >= 4 is 5.78 Å². The van der Waals surface area contributed by atoms with Gasteiger partial charge in [0.1, 0.15) is 5.75 Å². The number of rotatable bonds is 1. The number of carbonyl (C=O) groups excluding carboxylic acids is 1. The van der Waals surface area contributed by atoms with E-state index in [-0.39, 0.29) is 22.0 Å². The molecule has 0 unspecified atom stereocenters. The highest BCUT2D eigenvalue weighted by molar-refractivity contribution is 6.11. The molecule has 0 atom stereocenters. The number of ketones is 1. The maximum Gasteiger partial charge on any atom is 0.185 e. The van der Waals surface area contributed by atoms with Gasteiger partial charge in [-0.2, -0.15) is 0 Å². The van der Waals surface area contributed by atoms with Crippen LogP contribution in [0.25, 0.3) is 0 Å². The molecule has 1 aromatic rings. The molecule has 2 nitrogen and oxygen atoms in total. The van der Waals surface area contributed by atoms with Gasteiger partial charge >= 0.3 is 0 Å². The molecular weight excluding hydrogens is 308 g/mol. The fourth-order valence-corrected chi connectivity index (χ4v) is 3.47. The van der Waals surface area contributed by atoms with E-state index in [9.17, 15) is 9.90 Å². The summed E-state index contributed by atoms with van der Waals surface area (Å²) in [4.78, 5) is 13.1. The summed E-state index contributed by atoms with van der Waals surface area (Å²) < 4.78 is 0. The SMILES string of the molecule is Cc1cc(C2(C)C=C(C(C)(C)C)C(=O)C(C(C)(C)C)=C2)cc(C)c1O. The van der Waals surface area contributed by atoms with E-state index in [4.69, 9.17) is 0 Å². The largest absolute Gasteiger partial charge is 0.507 e. The molecule has 0 spiro atoms. The van der Waals surface area contributed by atoms with Crippen LogP contribution in [0.3, 0.4) is 0 Å². The summed E-state index contributed by atoms with van der Waals surface area (Å²) in [6.07, 6.45) is 4.24. The Bertz CT molecular complexity index is 720. The van der Waals surface area contributed by atoms with Crippen LogP contribution in [0.4, 0.5) is 0 Å². The van der Waals surface area contributed by atoms with E-state index < -0.39 is 0 Å². The van der Waals surface area contributed by atoms with Gasteiger partial charge in [-0.1, -0.05) is 65.8 Å². The monoisotopic (exact) mass is 340 g/mol. The Morgan fingerprint density at radius 2 is 1.20 bits per heavy atom. The molecule has 1 aliphatic rings. The van der Waals surface area contributed by atoms with Gasteiger partial charge in [-0.3, -0.25) is 4.79 Å². The molecule has 1 N–H and O–H groups in total. The van der Waals surface area contributed by atoms with Crippen molar-refractivity contribution in [1.82, 2.24) is 0 Å². The first-order valence-corrected chi connectivity index (χ1v) is 8.99. The van der Waals surface area contributed by atoms with Crippen molar-refractivity contribution in [2.45, 2.75) is 67.7 Å². The Morgan fingerprint density at radius 1 is 0.840 bits per heavy atom. The molecule has 0 aromatic heterocycles. The summed E-state index contributed by atoms with van der Waals surface area (Å²) in [5, 5.41) is 10.1. The fourth-order valence-electron chi connectivity index (χ4n) is 3.47. The fraction of sp³-hybridized carbons (Fsp3) is 0.522. The predicted octanol–water partition coefficient (Wildman–Crippen LogP) is 5.79. The summed E-state index contributed by atoms with van der Waals surface area (Å²) in [5.41, 5.74) is 3.76. The average Bonchev–Trinajstić information content (AvgIpc) is 2.44. The van der Waals surface area contributed by atoms with Crippen molar-refractivity contribution in [3.05, 3.63) is 52.1 Å². The number of benzene rings is 1. The van der Waals surface area contributed by atoms with Gasteiger partial charge in [-0.25, -0.2) is 0 Å². The second kappa shape index (κ2) is 5.86. The number of phenols is 1. The summed E-state index contributed by atoms with van der Waals surface area (Å²) in [6.45, 7) is 18.6. The second-order valence-corrected chi connectivity index (χ2v) is 9.69. The summed E-state index contributed by atoms with van der Waals surface area (Å²) >= 11 is 0. The van der Waals surface area contributed by atoms with Gasteiger partial charge in [0, 0.05) is 16.6 Å². The third-order valence-electron chi connectivity index (χ3n) is 5.11. The first kappa shape index (κ1) is 19.5. The summed E-state index contributed by atoms with van der Waals surface area (Å²) in [6, 6.07) is 4.07. The van der Waals surface area contributed by atoms with Gasteiger partial charge < -0.3 is 5.11 Å². The lowest BCUT2D eigenvalue weighted by atomic mass is 9.65. The Hall–Kier alpha value is -1.83. The summed E-state index contributed by atoms with van der Waals surface area (Å²) in [7, 11) is 0. The van der Waals surface area contributed by atoms with Crippen molar-refractivity contribution in [3.63, 3.8) is 0 Å². The van der Waals surface area contributed by atoms with Crippen molar-refractivity contribution < 1.29 is 9.90 Å². The molecule has 2 heteroatoms. The maximum absolute atomic E-state index is 13.1. The predicted molar refractivity (Wildman–Crippen MR) is 105 cm³/mol. The topological polar surface area (TPSA) is 37.3 Å². The molecule has 0 radical (unpaired) electrons. The Kier molecular flexibility index (Phi) is 4.57. The van der Waals surface area contributed by atoms with E-state index in [1.54, 1.807) is 0 Å². The zero-order valence-electron chi connectivity index (χ0n) is 17.2. The lowest BCUT2D eigenvalue weighted by Gasteiger charge is -2.38. The van der Waals surface area contributed by atoms with Crippen molar-refractivity contribution in [1.29, 1.82) is 0 Å². The minimum atomic E-state index is -0.373. The van der Waals surface area contributed by atoms with E-state index in [0.717, 1.165) is 27.8 Å². The molecule has 0 amide bonds. The molecule has 0 heterocycles. The second-order valence-electron chi connectivity index (χ2n) is 9.69. The number of phenolic OH excluding ortho intramolecular Hbond substituents is 1. The molecule has 1 aromatic carbocycles. The third-order valence-corrected chi connectivity index (χ3v) is 5.11. The Balaban J connectivity index is 2.78. The van der Waals surface area contributed by atoms with E-state index >= 15 is 0 Å². The van der Waals surface area contributed by atoms with Crippen LogP contribution in [-0.2, 0) is 10.2 Å². The number of carbonyl (C=O) groups is 1. The first-order valence-electron chi connectivity index (χ1n) is 8.99. The molecule has 0 fully saturated rings. The minimum absolute atomic E-state index is 0.157. The lowest BCUT2D eigenvalue weighted by molar-refractivity contribution is -0.114. The number of aryl methyl sites for hydroxylation is 2. The quantitative estimate of drug-likeness (QED) is 0.702. The molecule has 1 aliphatic carbocycles. The number of hydrogen-bond donors (Lipinski definition) is 1. The van der Waals surface area contributed by atoms with Gasteiger partial charge in [0.05, 0.1) is 0 Å². The highest BCUT2D eigenvalue weighted by atomic mass is 16.3. The van der Waals surface area contributed by atoms with Crippen molar-refractivity contribution in [2.24, 2.45) is 10.8 Å². The van der Waals surface area contributed by atoms with Crippen LogP contribution < -0.4 is 0 Å². The van der Waals surface area contributed by atoms with Crippen LogP contribution in [0.2, 0.25) is 0 Å². The normalized spacial score (nSPS) is 18.0. The number of Topliss-reactive ketones (excluding diaryl/α,β-unsaturated/α-hetero) is 1. The number of allylic oxidation sites excluding steroid dienone is 4. The average molecular weight is 341 g/mol. The molecule has 2 rings (SSSR count). The molecule has 25 heavy (non-hydrogen) atoms. The van der Waals surface area contributed by atoms with E-state index in [0.29, 0.717) is 5.75 Å². The molecular formula is C23H32O2. The van der Waals surface area contributed by atoms with Gasteiger partial charge in [0.2, 0.25) is 0 Å². The number of hydrogen-bond acceptors (Lipinski definition) is 2. The first-order chi connectivity index (χ1) is 11.2. The van der Waals surface area contributed by atoms with Crippen LogP contribution in [0.5, 0.6) is 5.75 Å². The van der Waals surface area contributed by atoms with Gasteiger partial charge in [0.15, 0.2) is 5.78 Å². The van der Waals surface area contributed by atoms with Crippen molar-refractivity contribution in [3.8, 4) is 5.75 Å². The van der Waals surface area contributed by atoms with E-state index in [2.05, 4.69) is 60.6 Å². The smallest absolute Gasteiger partial charge is 0.185 e. The van der Waals surface area contributed by atoms with Crippen LogP contribution in [0.1, 0.15) is 65.2 Å². The maximum atomic E-state index is 13.1. The van der Waals surface area contributed by atoms with Crippen LogP contribution in [0.15, 0.2) is 35.4 Å². The highest BCUT2D eigenvalue weighted by Gasteiger charge is 2.39. The minimum Gasteiger partial charge on any atom is -0.507 e. The zero-order chi connectivity index (χ0) is 19.4. The Labute approximate surface area is 152 Å². The van der Waals surface area contributed by atoms with Crippen LogP contribution in [-0.4, -0.2) is 10.9 Å². The van der Waals surface area contributed by atoms with Crippen LogP contribution >= 0.6 is 0 Å².